The number of halogens is 2. The molecule has 3 rings (SSSR count). The third kappa shape index (κ3) is 13.4. The van der Waals surface area contributed by atoms with Gasteiger partial charge in [0.2, 0.25) is 0 Å². The number of rotatable bonds is 20. The van der Waals surface area contributed by atoms with Gasteiger partial charge >= 0.3 is 5.69 Å². The molecule has 2 unspecified atom stereocenters. The van der Waals surface area contributed by atoms with Gasteiger partial charge in [0.1, 0.15) is 0 Å². The fourth-order valence-electron chi connectivity index (χ4n) is 5.57. The highest BCUT2D eigenvalue weighted by molar-refractivity contribution is 8.93. The van der Waals surface area contributed by atoms with Crippen LogP contribution in [0.1, 0.15) is 69.2 Å². The van der Waals surface area contributed by atoms with E-state index < -0.39 is 0 Å². The van der Waals surface area contributed by atoms with Crippen LogP contribution in [-0.2, 0) is 25.9 Å². The van der Waals surface area contributed by atoms with E-state index in [1.54, 1.807) is 35.8 Å². The van der Waals surface area contributed by atoms with Crippen LogP contribution < -0.4 is 21.9 Å². The maximum absolute atomic E-state index is 13.1. The third-order valence-corrected chi connectivity index (χ3v) is 8.02. The summed E-state index contributed by atoms with van der Waals surface area (Å²) < 4.78 is 3.00. The van der Waals surface area contributed by atoms with Crippen molar-refractivity contribution in [3.63, 3.8) is 0 Å². The maximum Gasteiger partial charge on any atom is 0.331 e. The summed E-state index contributed by atoms with van der Waals surface area (Å²) in [5.74, 6) is 0. The lowest BCUT2D eigenvalue weighted by molar-refractivity contribution is -0.385. The summed E-state index contributed by atoms with van der Waals surface area (Å²) in [6, 6.07) is 15.3. The Morgan fingerprint density at radius 1 is 0.681 bits per heavy atom. The van der Waals surface area contributed by atoms with E-state index in [9.17, 15) is 29.8 Å². The molecule has 0 bridgehead atoms. The maximum atomic E-state index is 13.1. The summed E-state index contributed by atoms with van der Waals surface area (Å²) in [5.41, 5.74) is 1.82. The van der Waals surface area contributed by atoms with Crippen LogP contribution in [0.3, 0.4) is 0 Å². The molecule has 0 saturated carbocycles. The van der Waals surface area contributed by atoms with Gasteiger partial charge in [-0.25, -0.2) is 4.79 Å². The van der Waals surface area contributed by atoms with Crippen LogP contribution in [0.25, 0.3) is 0 Å². The fourth-order valence-corrected chi connectivity index (χ4v) is 5.57. The van der Waals surface area contributed by atoms with E-state index in [1.165, 1.54) is 22.8 Å². The third-order valence-electron chi connectivity index (χ3n) is 8.02. The molecule has 2 N–H and O–H groups in total. The van der Waals surface area contributed by atoms with Crippen molar-refractivity contribution in [2.45, 2.75) is 97.3 Å². The van der Waals surface area contributed by atoms with Gasteiger partial charge < -0.3 is 10.6 Å². The molecular formula is C33H48Br2N6O6. The zero-order valence-corrected chi connectivity index (χ0v) is 30.8. The van der Waals surface area contributed by atoms with Crippen molar-refractivity contribution < 1.29 is 9.85 Å². The van der Waals surface area contributed by atoms with Crippen molar-refractivity contribution in [2.24, 2.45) is 0 Å². The molecule has 0 fully saturated rings. The number of aryl methyl sites for hydroxylation is 1. The highest BCUT2D eigenvalue weighted by Gasteiger charge is 2.16. The van der Waals surface area contributed by atoms with E-state index in [2.05, 4.69) is 10.6 Å². The van der Waals surface area contributed by atoms with E-state index in [0.29, 0.717) is 49.2 Å². The van der Waals surface area contributed by atoms with Gasteiger partial charge in [-0.1, -0.05) is 49.2 Å². The molecule has 0 spiro atoms. The Morgan fingerprint density at radius 3 is 1.55 bits per heavy atom. The molecule has 0 aliphatic carbocycles. The van der Waals surface area contributed by atoms with Crippen LogP contribution in [0.15, 0.2) is 64.2 Å². The van der Waals surface area contributed by atoms with E-state index in [1.807, 2.05) is 26.0 Å². The van der Waals surface area contributed by atoms with Gasteiger partial charge in [0.05, 0.1) is 9.85 Å². The number of hydrogen-bond donors (Lipinski definition) is 2. The summed E-state index contributed by atoms with van der Waals surface area (Å²) in [6.07, 6.45) is 6.15. The van der Waals surface area contributed by atoms with Crippen LogP contribution in [0.2, 0.25) is 0 Å². The van der Waals surface area contributed by atoms with Crippen LogP contribution in [-0.4, -0.2) is 44.2 Å². The van der Waals surface area contributed by atoms with Crippen molar-refractivity contribution in [1.82, 2.24) is 19.8 Å². The van der Waals surface area contributed by atoms with Gasteiger partial charge in [-0.2, -0.15) is 0 Å². The van der Waals surface area contributed by atoms with E-state index in [-0.39, 0.29) is 78.5 Å². The molecule has 0 saturated heterocycles. The minimum Gasteiger partial charge on any atom is -0.314 e. The molecule has 47 heavy (non-hydrogen) atoms. The zero-order valence-electron chi connectivity index (χ0n) is 27.4. The molecule has 2 atom stereocenters. The standard InChI is InChI=1S/C33H46N6O6.2BrH/c1-25(22-28-14-6-8-16-30(28)38(42)43)34-18-10-4-12-20-36-27(3)24-32(40)37(33(36)41)21-13-5-11-19-35-26(2)23-29-15-7-9-17-31(29)39(44)45;;/h6-9,14-17,24-26,34-35H,4-5,10-13,18-23H2,1-3H3;2*1H. The van der Waals surface area contributed by atoms with E-state index in [4.69, 9.17) is 0 Å². The predicted molar refractivity (Wildman–Crippen MR) is 197 cm³/mol. The molecule has 260 valence electrons. The number of nitro benzene ring substituents is 2. The Kier molecular flexibility index (Phi) is 19.2. The molecule has 1 heterocycles. The summed E-state index contributed by atoms with van der Waals surface area (Å²) in [7, 11) is 0. The normalized spacial score (nSPS) is 12.1. The van der Waals surface area contributed by atoms with Gasteiger partial charge in [0.15, 0.2) is 0 Å². The van der Waals surface area contributed by atoms with Crippen LogP contribution >= 0.6 is 34.0 Å². The van der Waals surface area contributed by atoms with E-state index in [0.717, 1.165) is 45.2 Å². The van der Waals surface area contributed by atoms with Crippen molar-refractivity contribution in [3.05, 3.63) is 112 Å². The molecule has 14 heteroatoms. The molecule has 3 aromatic rings. The Balaban J connectivity index is 0.00000552. The number of aromatic nitrogens is 2. The minimum absolute atomic E-state index is 0. The molecule has 12 nitrogen and oxygen atoms in total. The van der Waals surface area contributed by atoms with Crippen LogP contribution in [0.5, 0.6) is 0 Å². The SMILES string of the molecule is Br.Br.Cc1cc(=O)n(CCCCCNC(C)Cc2ccccc2[N+](=O)[O-])c(=O)n1CCCCCNC(C)Cc1ccccc1[N+](=O)[O-]. The molecule has 0 aliphatic heterocycles. The number of para-hydroxylation sites is 2. The molecule has 1 aromatic heterocycles. The Bertz CT molecular complexity index is 1550. The molecular weight excluding hydrogens is 736 g/mol. The average molecular weight is 785 g/mol. The predicted octanol–water partition coefficient (Wildman–Crippen LogP) is 6.07. The second-order valence-corrected chi connectivity index (χ2v) is 11.7. The molecule has 2 aromatic carbocycles. The second kappa shape index (κ2) is 21.6. The number of nitro groups is 2. The van der Waals surface area contributed by atoms with Crippen LogP contribution in [0.4, 0.5) is 11.4 Å². The monoisotopic (exact) mass is 782 g/mol. The first-order chi connectivity index (χ1) is 21.6. The topological polar surface area (TPSA) is 154 Å². The second-order valence-electron chi connectivity index (χ2n) is 11.7. The lowest BCUT2D eigenvalue weighted by Gasteiger charge is -2.15. The molecule has 0 radical (unpaired) electrons. The first-order valence-electron chi connectivity index (χ1n) is 15.8. The number of unbranched alkanes of at least 4 members (excludes halogenated alkanes) is 4. The van der Waals surface area contributed by atoms with Gasteiger partial charge in [-0.15, -0.1) is 34.0 Å². The first-order valence-corrected chi connectivity index (χ1v) is 15.8. The number of nitrogens with one attached hydrogen (secondary N) is 2. The quantitative estimate of drug-likeness (QED) is 0.0795. The van der Waals surface area contributed by atoms with Crippen LogP contribution in [0, 0.1) is 27.2 Å². The summed E-state index contributed by atoms with van der Waals surface area (Å²) >= 11 is 0. The number of nitrogens with zero attached hydrogens (tertiary/aromatic N) is 4. The number of hydrogen-bond acceptors (Lipinski definition) is 8. The highest BCUT2D eigenvalue weighted by Crippen LogP contribution is 2.20. The van der Waals surface area contributed by atoms with E-state index >= 15 is 0 Å². The fraction of sp³-hybridized carbons (Fsp3) is 0.515. The molecule has 0 amide bonds. The summed E-state index contributed by atoms with van der Waals surface area (Å²) in [4.78, 5) is 47.5. The Morgan fingerprint density at radius 2 is 1.11 bits per heavy atom. The molecule has 0 aliphatic rings. The Labute approximate surface area is 296 Å². The largest absolute Gasteiger partial charge is 0.331 e. The average Bonchev–Trinajstić information content (AvgIpc) is 2.99. The van der Waals surface area contributed by atoms with Gasteiger partial charge in [0.25, 0.3) is 16.9 Å². The van der Waals surface area contributed by atoms with Gasteiger partial charge in [-0.3, -0.25) is 34.2 Å². The summed E-state index contributed by atoms with van der Waals surface area (Å²) in [6.45, 7) is 8.23. The summed E-state index contributed by atoms with van der Waals surface area (Å²) in [5, 5.41) is 29.3. The highest BCUT2D eigenvalue weighted by atomic mass is 79.9. The number of benzene rings is 2. The first kappa shape index (κ1) is 41.8. The van der Waals surface area contributed by atoms with Crippen molar-refractivity contribution in [2.75, 3.05) is 13.1 Å². The van der Waals surface area contributed by atoms with Gasteiger partial charge in [0, 0.05) is 60.2 Å². The lowest BCUT2D eigenvalue weighted by Crippen LogP contribution is -2.40. The van der Waals surface area contributed by atoms with Crippen molar-refractivity contribution >= 4 is 45.3 Å². The smallest absolute Gasteiger partial charge is 0.314 e. The lowest BCUT2D eigenvalue weighted by atomic mass is 10.0. The zero-order chi connectivity index (χ0) is 32.8. The van der Waals surface area contributed by atoms with Crippen molar-refractivity contribution in [1.29, 1.82) is 0 Å². The Hall–Kier alpha value is -3.20. The van der Waals surface area contributed by atoms with Gasteiger partial charge in [-0.05, 0) is 72.4 Å². The van der Waals surface area contributed by atoms with Crippen molar-refractivity contribution in [3.8, 4) is 0 Å². The minimum atomic E-state index is -0.351.